The molecule has 2 rings (SSSR count). The number of hydrogen-bond donors (Lipinski definition) is 0. The average molecular weight is 483 g/mol. The van der Waals surface area contributed by atoms with Crippen LogP contribution < -0.4 is 29.6 Å². The number of aryl methyl sites for hydroxylation is 2. The zero-order valence-electron chi connectivity index (χ0n) is 21.3. The second-order valence-electron chi connectivity index (χ2n) is 9.31. The monoisotopic (exact) mass is 482 g/mol. The van der Waals surface area contributed by atoms with Crippen molar-refractivity contribution in [1.82, 2.24) is 0 Å². The summed E-state index contributed by atoms with van der Waals surface area (Å²) in [5.74, 6) is 0. The van der Waals surface area contributed by atoms with Gasteiger partial charge in [-0.15, -0.1) is 0 Å². The Morgan fingerprint density at radius 2 is 1.21 bits per heavy atom. The van der Waals surface area contributed by atoms with Crippen molar-refractivity contribution < 1.29 is 42.5 Å². The molecule has 0 aromatic heterocycles. The van der Waals surface area contributed by atoms with Crippen molar-refractivity contribution in [2.24, 2.45) is 0 Å². The van der Waals surface area contributed by atoms with Crippen molar-refractivity contribution in [3.05, 3.63) is 41.5 Å². The van der Waals surface area contributed by atoms with Crippen LogP contribution in [0.4, 0.5) is 0 Å². The number of rotatable bonds is 17. The molecule has 0 saturated carbocycles. The van der Waals surface area contributed by atoms with Crippen LogP contribution in [0.3, 0.4) is 0 Å². The fraction of sp³-hybridized carbons (Fsp3) is 0.643. The SMILES string of the molecule is CCCCCCCCCc1cc(CCCCCCCCC)c2c(S(=O)(=O)[O-])cccc2c1.[Na+]. The molecule has 2 aromatic rings. The van der Waals surface area contributed by atoms with Crippen molar-refractivity contribution in [2.45, 2.75) is 121 Å². The third-order valence-electron chi connectivity index (χ3n) is 6.47. The van der Waals surface area contributed by atoms with E-state index in [-0.39, 0.29) is 34.5 Å². The Morgan fingerprint density at radius 3 is 1.76 bits per heavy atom. The van der Waals surface area contributed by atoms with Gasteiger partial charge in [-0.3, -0.25) is 0 Å². The van der Waals surface area contributed by atoms with Gasteiger partial charge in [0.15, 0.2) is 0 Å². The third kappa shape index (κ3) is 11.3. The molecule has 5 heteroatoms. The Bertz CT molecular complexity index is 909. The van der Waals surface area contributed by atoms with Gasteiger partial charge in [0.05, 0.1) is 4.90 Å². The number of fused-ring (bicyclic) bond motifs is 1. The predicted molar refractivity (Wildman–Crippen MR) is 135 cm³/mol. The fourth-order valence-electron chi connectivity index (χ4n) is 4.66. The molecule has 0 N–H and O–H groups in total. The van der Waals surface area contributed by atoms with Crippen LogP contribution in [-0.2, 0) is 23.0 Å². The van der Waals surface area contributed by atoms with E-state index in [1.807, 2.05) is 6.07 Å². The Balaban J connectivity index is 0.00000544. The molecule has 180 valence electrons. The Hall–Kier alpha value is -0.390. The van der Waals surface area contributed by atoms with Crippen LogP contribution in [0.15, 0.2) is 35.2 Å². The maximum absolute atomic E-state index is 11.9. The molecule has 0 spiro atoms. The molecule has 0 aliphatic rings. The van der Waals surface area contributed by atoms with E-state index in [1.54, 1.807) is 6.07 Å². The predicted octanol–water partition coefficient (Wildman–Crippen LogP) is 5.33. The second kappa shape index (κ2) is 17.1. The van der Waals surface area contributed by atoms with Crippen molar-refractivity contribution in [2.75, 3.05) is 0 Å². The topological polar surface area (TPSA) is 57.2 Å². The quantitative estimate of drug-likeness (QED) is 0.174. The molecule has 3 nitrogen and oxygen atoms in total. The summed E-state index contributed by atoms with van der Waals surface area (Å²) in [6, 6.07) is 9.38. The normalized spacial score (nSPS) is 11.6. The Kier molecular flexibility index (Phi) is 15.9. The van der Waals surface area contributed by atoms with Gasteiger partial charge in [0, 0.05) is 5.39 Å². The Labute approximate surface area is 225 Å². The molecule has 0 unspecified atom stereocenters. The summed E-state index contributed by atoms with van der Waals surface area (Å²) >= 11 is 0. The van der Waals surface area contributed by atoms with Crippen molar-refractivity contribution >= 4 is 20.9 Å². The van der Waals surface area contributed by atoms with Gasteiger partial charge >= 0.3 is 29.6 Å². The minimum absolute atomic E-state index is 0. The van der Waals surface area contributed by atoms with Gasteiger partial charge in [-0.1, -0.05) is 115 Å². The molecule has 0 atom stereocenters. The molecule has 0 heterocycles. The average Bonchev–Trinajstić information content (AvgIpc) is 2.76. The van der Waals surface area contributed by atoms with Crippen LogP contribution in [-0.4, -0.2) is 13.0 Å². The summed E-state index contributed by atoms with van der Waals surface area (Å²) < 4.78 is 35.8. The Morgan fingerprint density at radius 1 is 0.697 bits per heavy atom. The standard InChI is InChI=1S/C28H44O3S.Na/c1-3-5-7-9-11-13-15-18-24-22-25(19-16-14-12-10-8-6-4-2)28-26(23-24)20-17-21-27(28)32(29,30)31;/h17,20-23H,3-16,18-19H2,1-2H3,(H,29,30,31);/q;+1/p-1. The van der Waals surface area contributed by atoms with Gasteiger partial charge in [-0.25, -0.2) is 8.42 Å². The van der Waals surface area contributed by atoms with Gasteiger partial charge in [-0.05, 0) is 48.3 Å². The summed E-state index contributed by atoms with van der Waals surface area (Å²) in [6.07, 6.45) is 19.3. The molecule has 0 amide bonds. The molecule has 0 radical (unpaired) electrons. The zero-order chi connectivity index (χ0) is 23.2. The fourth-order valence-corrected chi connectivity index (χ4v) is 5.40. The van der Waals surface area contributed by atoms with E-state index < -0.39 is 10.1 Å². The molecule has 0 fully saturated rings. The van der Waals surface area contributed by atoms with E-state index >= 15 is 0 Å². The first kappa shape index (κ1) is 30.6. The molecule has 0 saturated heterocycles. The summed E-state index contributed by atoms with van der Waals surface area (Å²) in [5, 5.41) is 1.54. The van der Waals surface area contributed by atoms with E-state index in [4.69, 9.17) is 0 Å². The van der Waals surface area contributed by atoms with Crippen LogP contribution in [0.5, 0.6) is 0 Å². The molecular weight excluding hydrogens is 439 g/mol. The van der Waals surface area contributed by atoms with E-state index in [9.17, 15) is 13.0 Å². The molecule has 0 aliphatic carbocycles. The number of unbranched alkanes of at least 4 members (excludes halogenated alkanes) is 12. The maximum atomic E-state index is 11.9. The molecular formula is C28H43NaO3S. The molecule has 33 heavy (non-hydrogen) atoms. The minimum Gasteiger partial charge on any atom is -0.744 e. The van der Waals surface area contributed by atoms with E-state index in [0.717, 1.165) is 43.1 Å². The van der Waals surface area contributed by atoms with Crippen molar-refractivity contribution in [3.63, 3.8) is 0 Å². The van der Waals surface area contributed by atoms with E-state index in [1.165, 1.54) is 82.3 Å². The van der Waals surface area contributed by atoms with Crippen LogP contribution in [0, 0.1) is 0 Å². The van der Waals surface area contributed by atoms with Crippen LogP contribution in [0.25, 0.3) is 10.8 Å². The smallest absolute Gasteiger partial charge is 0.744 e. The minimum atomic E-state index is -4.49. The van der Waals surface area contributed by atoms with Gasteiger partial charge in [0.2, 0.25) is 0 Å². The summed E-state index contributed by atoms with van der Waals surface area (Å²) in [4.78, 5) is -0.0598. The summed E-state index contributed by atoms with van der Waals surface area (Å²) in [7, 11) is -4.49. The zero-order valence-corrected chi connectivity index (χ0v) is 24.1. The number of hydrogen-bond acceptors (Lipinski definition) is 3. The van der Waals surface area contributed by atoms with Crippen LogP contribution in [0.1, 0.15) is 115 Å². The third-order valence-corrected chi connectivity index (χ3v) is 7.35. The molecule has 2 aromatic carbocycles. The van der Waals surface area contributed by atoms with Gasteiger partial charge in [0.25, 0.3) is 0 Å². The first-order chi connectivity index (χ1) is 15.5. The summed E-state index contributed by atoms with van der Waals surface area (Å²) in [5.41, 5.74) is 2.30. The maximum Gasteiger partial charge on any atom is 1.00 e. The van der Waals surface area contributed by atoms with E-state index in [0.29, 0.717) is 5.39 Å². The second-order valence-corrected chi connectivity index (χ2v) is 10.7. The van der Waals surface area contributed by atoms with Gasteiger partial charge in [-0.2, -0.15) is 0 Å². The van der Waals surface area contributed by atoms with Gasteiger partial charge < -0.3 is 4.55 Å². The van der Waals surface area contributed by atoms with Gasteiger partial charge in [0.1, 0.15) is 10.1 Å². The van der Waals surface area contributed by atoms with Crippen LogP contribution in [0.2, 0.25) is 0 Å². The first-order valence-corrected chi connectivity index (χ1v) is 14.4. The first-order valence-electron chi connectivity index (χ1n) is 13.0. The summed E-state index contributed by atoms with van der Waals surface area (Å²) in [6.45, 7) is 4.47. The molecule has 0 aliphatic heterocycles. The molecule has 0 bridgehead atoms. The van der Waals surface area contributed by atoms with Crippen LogP contribution >= 0.6 is 0 Å². The largest absolute Gasteiger partial charge is 1.00 e. The van der Waals surface area contributed by atoms with E-state index in [2.05, 4.69) is 26.0 Å². The number of benzene rings is 2. The van der Waals surface area contributed by atoms with Crippen molar-refractivity contribution in [1.29, 1.82) is 0 Å². The van der Waals surface area contributed by atoms with Crippen molar-refractivity contribution in [3.8, 4) is 0 Å².